The quantitative estimate of drug-likeness (QED) is 0.276. The lowest BCUT2D eigenvalue weighted by Gasteiger charge is -1.98. The molecule has 1 heterocycles. The Morgan fingerprint density at radius 1 is 0.800 bits per heavy atom. The lowest BCUT2D eigenvalue weighted by molar-refractivity contribution is 0.282. The summed E-state index contributed by atoms with van der Waals surface area (Å²) in [5.41, 5.74) is 0. The van der Waals surface area contributed by atoms with Gasteiger partial charge in [0.15, 0.2) is 0 Å². The van der Waals surface area contributed by atoms with E-state index in [1.807, 2.05) is 0 Å². The van der Waals surface area contributed by atoms with Crippen molar-refractivity contribution in [2.24, 2.45) is 0 Å². The summed E-state index contributed by atoms with van der Waals surface area (Å²) in [7, 11) is 0. The van der Waals surface area contributed by atoms with Crippen molar-refractivity contribution in [2.45, 2.75) is 96.2 Å². The summed E-state index contributed by atoms with van der Waals surface area (Å²) in [6.07, 6.45) is 20.7. The molecule has 0 aliphatic carbocycles. The van der Waals surface area contributed by atoms with Gasteiger partial charge < -0.3 is 9.84 Å². The third-order valence-corrected chi connectivity index (χ3v) is 4.09. The molecule has 0 aromatic carbocycles. The lowest BCUT2D eigenvalue weighted by atomic mass is 10.1. The van der Waals surface area contributed by atoms with Crippen LogP contribution in [0.25, 0.3) is 0 Å². The molecule has 1 N–H and O–H groups in total. The van der Waals surface area contributed by atoms with Crippen LogP contribution in [-0.4, -0.2) is 23.9 Å². The third-order valence-electron chi connectivity index (χ3n) is 4.09. The molecule has 0 amide bonds. The molecule has 1 fully saturated rings. The van der Waals surface area contributed by atoms with Gasteiger partial charge >= 0.3 is 0 Å². The summed E-state index contributed by atoms with van der Waals surface area (Å²) >= 11 is 0. The summed E-state index contributed by atoms with van der Waals surface area (Å²) in [4.78, 5) is 0. The van der Waals surface area contributed by atoms with Gasteiger partial charge in [0.2, 0.25) is 0 Å². The maximum absolute atomic E-state index is 8.67. The van der Waals surface area contributed by atoms with E-state index in [0.717, 1.165) is 6.42 Å². The Bertz CT molecular complexity index is 238. The first-order valence-electron chi connectivity index (χ1n) is 8.79. The van der Waals surface area contributed by atoms with Gasteiger partial charge in [-0.15, -0.1) is 0 Å². The molecule has 20 heavy (non-hydrogen) atoms. The lowest BCUT2D eigenvalue weighted by Crippen LogP contribution is -1.93. The molecule has 1 saturated heterocycles. The topological polar surface area (TPSA) is 32.8 Å². The van der Waals surface area contributed by atoms with E-state index >= 15 is 0 Å². The zero-order chi connectivity index (χ0) is 14.5. The summed E-state index contributed by atoms with van der Waals surface area (Å²) < 4.78 is 5.66. The van der Waals surface area contributed by atoms with Crippen molar-refractivity contribution in [3.8, 4) is 0 Å². The van der Waals surface area contributed by atoms with Gasteiger partial charge in [-0.3, -0.25) is 0 Å². The Morgan fingerprint density at radius 2 is 1.45 bits per heavy atom. The molecule has 2 nitrogen and oxygen atoms in total. The van der Waals surface area contributed by atoms with Gasteiger partial charge in [0.25, 0.3) is 0 Å². The van der Waals surface area contributed by atoms with Crippen molar-refractivity contribution in [3.63, 3.8) is 0 Å². The average molecular weight is 282 g/mol. The van der Waals surface area contributed by atoms with E-state index in [1.165, 1.54) is 70.6 Å². The van der Waals surface area contributed by atoms with Gasteiger partial charge in [0.05, 0.1) is 12.2 Å². The van der Waals surface area contributed by atoms with Crippen LogP contribution in [0.5, 0.6) is 0 Å². The van der Waals surface area contributed by atoms with E-state index in [9.17, 15) is 0 Å². The summed E-state index contributed by atoms with van der Waals surface area (Å²) in [6, 6.07) is 0. The summed E-state index contributed by atoms with van der Waals surface area (Å²) in [6.45, 7) is 2.60. The molecule has 0 aromatic rings. The minimum Gasteiger partial charge on any atom is -0.396 e. The molecular weight excluding hydrogens is 248 g/mol. The number of unbranched alkanes of at least 4 members (excludes halogenated alkanes) is 7. The summed E-state index contributed by atoms with van der Waals surface area (Å²) in [5, 5.41) is 8.67. The summed E-state index contributed by atoms with van der Waals surface area (Å²) in [5.74, 6) is 0. The van der Waals surface area contributed by atoms with Crippen LogP contribution < -0.4 is 0 Å². The molecule has 2 atom stereocenters. The maximum atomic E-state index is 8.67. The van der Waals surface area contributed by atoms with E-state index in [4.69, 9.17) is 9.84 Å². The van der Waals surface area contributed by atoms with Crippen molar-refractivity contribution in [1.29, 1.82) is 0 Å². The fraction of sp³-hybridized carbons (Fsp3) is 0.889. The smallest absolute Gasteiger partial charge is 0.0844 e. The number of allylic oxidation sites excluding steroid dienone is 2. The number of rotatable bonds is 14. The molecule has 1 aliphatic rings. The zero-order valence-corrected chi connectivity index (χ0v) is 13.4. The van der Waals surface area contributed by atoms with Gasteiger partial charge in [-0.05, 0) is 38.5 Å². The van der Waals surface area contributed by atoms with Crippen molar-refractivity contribution < 1.29 is 9.84 Å². The molecular formula is C18H34O2. The van der Waals surface area contributed by atoms with Crippen LogP contribution in [0.4, 0.5) is 0 Å². The van der Waals surface area contributed by atoms with Crippen LogP contribution in [0.2, 0.25) is 0 Å². The second-order valence-corrected chi connectivity index (χ2v) is 6.04. The minimum atomic E-state index is 0.354. The van der Waals surface area contributed by atoms with E-state index in [-0.39, 0.29) is 0 Å². The molecule has 0 bridgehead atoms. The first-order valence-corrected chi connectivity index (χ1v) is 8.79. The first kappa shape index (κ1) is 17.7. The van der Waals surface area contributed by atoms with Crippen LogP contribution in [0.3, 0.4) is 0 Å². The number of hydrogen-bond acceptors (Lipinski definition) is 2. The molecule has 0 aromatic heterocycles. The number of aliphatic hydroxyl groups excluding tert-OH is 1. The van der Waals surface area contributed by atoms with Crippen molar-refractivity contribution >= 4 is 0 Å². The van der Waals surface area contributed by atoms with E-state index in [1.54, 1.807) is 0 Å². The number of ether oxygens (including phenoxy) is 1. The molecule has 1 rings (SSSR count). The molecule has 0 radical (unpaired) electrons. The number of epoxide rings is 1. The zero-order valence-electron chi connectivity index (χ0n) is 13.4. The van der Waals surface area contributed by atoms with Gasteiger partial charge in [-0.1, -0.05) is 57.6 Å². The molecule has 2 unspecified atom stereocenters. The van der Waals surface area contributed by atoms with E-state index in [2.05, 4.69) is 19.1 Å². The Morgan fingerprint density at radius 3 is 2.20 bits per heavy atom. The highest BCUT2D eigenvalue weighted by Gasteiger charge is 2.36. The molecule has 118 valence electrons. The van der Waals surface area contributed by atoms with Crippen LogP contribution in [-0.2, 0) is 4.74 Å². The van der Waals surface area contributed by atoms with Gasteiger partial charge in [0, 0.05) is 6.61 Å². The van der Waals surface area contributed by atoms with Crippen molar-refractivity contribution in [2.75, 3.05) is 6.61 Å². The third kappa shape index (κ3) is 9.55. The predicted molar refractivity (Wildman–Crippen MR) is 86.0 cm³/mol. The Kier molecular flexibility index (Phi) is 11.0. The monoisotopic (exact) mass is 282 g/mol. The molecule has 0 saturated carbocycles. The van der Waals surface area contributed by atoms with Crippen LogP contribution in [0.15, 0.2) is 12.2 Å². The van der Waals surface area contributed by atoms with Crippen LogP contribution in [0, 0.1) is 0 Å². The Balaban J connectivity index is 1.77. The van der Waals surface area contributed by atoms with Crippen molar-refractivity contribution in [1.82, 2.24) is 0 Å². The molecule has 2 heteroatoms. The van der Waals surface area contributed by atoms with Crippen LogP contribution >= 0.6 is 0 Å². The Hall–Kier alpha value is -0.340. The van der Waals surface area contributed by atoms with E-state index < -0.39 is 0 Å². The first-order chi connectivity index (χ1) is 9.88. The van der Waals surface area contributed by atoms with Crippen LogP contribution in [0.1, 0.15) is 84.0 Å². The largest absolute Gasteiger partial charge is 0.396 e. The van der Waals surface area contributed by atoms with Gasteiger partial charge in [-0.2, -0.15) is 0 Å². The maximum Gasteiger partial charge on any atom is 0.0844 e. The average Bonchev–Trinajstić information content (AvgIpc) is 3.21. The van der Waals surface area contributed by atoms with Crippen molar-refractivity contribution in [3.05, 3.63) is 12.2 Å². The highest BCUT2D eigenvalue weighted by molar-refractivity contribution is 4.89. The fourth-order valence-electron chi connectivity index (χ4n) is 2.67. The number of aliphatic hydroxyl groups is 1. The highest BCUT2D eigenvalue weighted by Crippen LogP contribution is 2.30. The number of hydrogen-bond donors (Lipinski definition) is 1. The van der Waals surface area contributed by atoms with Gasteiger partial charge in [-0.25, -0.2) is 0 Å². The fourth-order valence-corrected chi connectivity index (χ4v) is 2.67. The standard InChI is InChI=1S/C18H34O2/c1-2-3-14-17-18(20-17)15-12-10-8-6-4-5-7-9-11-13-16-19/h8,10,17-19H,2-7,9,11-16H2,1H3/b10-8-. The normalized spacial score (nSPS) is 21.7. The second kappa shape index (κ2) is 12.4. The molecule has 0 spiro atoms. The Labute approximate surface area is 125 Å². The highest BCUT2D eigenvalue weighted by atomic mass is 16.6. The van der Waals surface area contributed by atoms with E-state index in [0.29, 0.717) is 18.8 Å². The predicted octanol–water partition coefficient (Wildman–Crippen LogP) is 5.00. The minimum absolute atomic E-state index is 0.354. The second-order valence-electron chi connectivity index (χ2n) is 6.04. The SMILES string of the molecule is CCCCC1OC1CC/C=C\CCCCCCCCO. The molecule has 1 aliphatic heterocycles. The van der Waals surface area contributed by atoms with Gasteiger partial charge in [0.1, 0.15) is 0 Å².